The van der Waals surface area contributed by atoms with Crippen LogP contribution in [0, 0.1) is 0 Å². The molecule has 0 bridgehead atoms. The third-order valence-corrected chi connectivity index (χ3v) is 5.84. The van der Waals surface area contributed by atoms with Crippen LogP contribution in [0.2, 0.25) is 0 Å². The van der Waals surface area contributed by atoms with Gasteiger partial charge in [-0.2, -0.15) is 0 Å². The van der Waals surface area contributed by atoms with Crippen molar-refractivity contribution in [3.05, 3.63) is 34.9 Å². The van der Waals surface area contributed by atoms with E-state index < -0.39 is 6.04 Å². The van der Waals surface area contributed by atoms with E-state index in [1.807, 2.05) is 25.1 Å². The summed E-state index contributed by atoms with van der Waals surface area (Å²) >= 11 is 0. The topological polar surface area (TPSA) is 105 Å². The van der Waals surface area contributed by atoms with Gasteiger partial charge in [-0.25, -0.2) is 0 Å². The molecule has 0 aliphatic carbocycles. The number of morpholine rings is 1. The molecule has 4 rings (SSSR count). The van der Waals surface area contributed by atoms with Gasteiger partial charge in [0.05, 0.1) is 12.7 Å². The predicted molar refractivity (Wildman–Crippen MR) is 101 cm³/mol. The van der Waals surface area contributed by atoms with Crippen molar-refractivity contribution in [2.45, 2.75) is 51.0 Å². The summed E-state index contributed by atoms with van der Waals surface area (Å²) in [6.45, 7) is 5.28. The molecule has 8 nitrogen and oxygen atoms in total. The summed E-state index contributed by atoms with van der Waals surface area (Å²) in [5.41, 5.74) is 8.70. The quantitative estimate of drug-likeness (QED) is 0.706. The van der Waals surface area contributed by atoms with Gasteiger partial charge in [0.25, 0.3) is 5.91 Å². The Morgan fingerprint density at radius 1 is 1.32 bits per heavy atom. The van der Waals surface area contributed by atoms with Gasteiger partial charge in [0.1, 0.15) is 6.04 Å². The van der Waals surface area contributed by atoms with E-state index in [1.165, 1.54) is 0 Å². The number of carbonyl (C=O) groups excluding carboxylic acids is 3. The Morgan fingerprint density at radius 2 is 2.14 bits per heavy atom. The zero-order valence-electron chi connectivity index (χ0n) is 16.0. The fourth-order valence-electron chi connectivity index (χ4n) is 4.23. The smallest absolute Gasteiger partial charge is 0.255 e. The first-order valence-corrected chi connectivity index (χ1v) is 9.79. The predicted octanol–water partition coefficient (Wildman–Crippen LogP) is -0.00440. The highest BCUT2D eigenvalue weighted by molar-refractivity contribution is 6.05. The van der Waals surface area contributed by atoms with Crippen molar-refractivity contribution in [2.24, 2.45) is 5.73 Å². The highest BCUT2D eigenvalue weighted by atomic mass is 16.5. The summed E-state index contributed by atoms with van der Waals surface area (Å²) < 4.78 is 5.73. The number of benzene rings is 1. The maximum atomic E-state index is 12.9. The number of piperidine rings is 1. The van der Waals surface area contributed by atoms with E-state index in [0.717, 1.165) is 24.2 Å². The highest BCUT2D eigenvalue weighted by Crippen LogP contribution is 2.30. The average molecular weight is 386 g/mol. The maximum absolute atomic E-state index is 12.9. The van der Waals surface area contributed by atoms with E-state index >= 15 is 0 Å². The minimum absolute atomic E-state index is 0.00659. The van der Waals surface area contributed by atoms with E-state index in [0.29, 0.717) is 31.7 Å². The number of nitrogens with one attached hydrogen (secondary N) is 1. The van der Waals surface area contributed by atoms with Crippen LogP contribution in [0.5, 0.6) is 0 Å². The Balaban J connectivity index is 1.51. The number of hydrogen-bond acceptors (Lipinski definition) is 6. The Labute approximate surface area is 164 Å². The van der Waals surface area contributed by atoms with Gasteiger partial charge in [-0.05, 0) is 30.5 Å². The van der Waals surface area contributed by atoms with Gasteiger partial charge >= 0.3 is 0 Å². The molecule has 3 heterocycles. The first-order chi connectivity index (χ1) is 13.4. The lowest BCUT2D eigenvalue weighted by Crippen LogP contribution is -2.52. The minimum Gasteiger partial charge on any atom is -0.374 e. The van der Waals surface area contributed by atoms with Crippen LogP contribution in [-0.2, 0) is 27.4 Å². The van der Waals surface area contributed by atoms with Crippen molar-refractivity contribution in [1.82, 2.24) is 15.1 Å². The van der Waals surface area contributed by atoms with Crippen LogP contribution in [-0.4, -0.2) is 65.4 Å². The maximum Gasteiger partial charge on any atom is 0.255 e. The van der Waals surface area contributed by atoms with E-state index in [4.69, 9.17) is 10.5 Å². The molecule has 3 unspecified atom stereocenters. The van der Waals surface area contributed by atoms with Crippen molar-refractivity contribution < 1.29 is 19.1 Å². The molecule has 3 aliphatic heterocycles. The Hall–Kier alpha value is -2.29. The van der Waals surface area contributed by atoms with Crippen LogP contribution < -0.4 is 11.1 Å². The molecule has 2 fully saturated rings. The molecule has 28 heavy (non-hydrogen) atoms. The summed E-state index contributed by atoms with van der Waals surface area (Å²) in [6.07, 6.45) is 0.641. The van der Waals surface area contributed by atoms with Crippen LogP contribution >= 0.6 is 0 Å². The number of imide groups is 1. The summed E-state index contributed by atoms with van der Waals surface area (Å²) in [7, 11) is 0. The molecule has 0 saturated carbocycles. The van der Waals surface area contributed by atoms with E-state index in [1.54, 1.807) is 4.90 Å². The second-order valence-corrected chi connectivity index (χ2v) is 7.85. The number of hydrogen-bond donors (Lipinski definition) is 2. The lowest BCUT2D eigenvalue weighted by molar-refractivity contribution is -0.136. The molecule has 0 radical (unpaired) electrons. The molecule has 2 saturated heterocycles. The largest absolute Gasteiger partial charge is 0.374 e. The molecular formula is C20H26N4O4. The number of amides is 3. The van der Waals surface area contributed by atoms with Gasteiger partial charge in [-0.15, -0.1) is 0 Å². The monoisotopic (exact) mass is 386 g/mol. The normalized spacial score (nSPS) is 26.9. The molecule has 8 heteroatoms. The van der Waals surface area contributed by atoms with Crippen molar-refractivity contribution in [1.29, 1.82) is 0 Å². The molecule has 3 aliphatic rings. The van der Waals surface area contributed by atoms with Crippen LogP contribution in [0.3, 0.4) is 0 Å². The van der Waals surface area contributed by atoms with Crippen molar-refractivity contribution in [3.63, 3.8) is 0 Å². The Bertz CT molecular complexity index is 809. The van der Waals surface area contributed by atoms with Crippen molar-refractivity contribution in [2.75, 3.05) is 19.7 Å². The van der Waals surface area contributed by atoms with Gasteiger partial charge in [0.2, 0.25) is 11.8 Å². The molecule has 3 amide bonds. The minimum atomic E-state index is -0.587. The molecule has 150 valence electrons. The number of nitrogens with zero attached hydrogens (tertiary/aromatic N) is 2. The number of nitrogens with two attached hydrogens (primary N) is 1. The zero-order valence-corrected chi connectivity index (χ0v) is 16.0. The Morgan fingerprint density at radius 3 is 2.89 bits per heavy atom. The average Bonchev–Trinajstić information content (AvgIpc) is 3.00. The molecule has 3 N–H and O–H groups in total. The second kappa shape index (κ2) is 7.62. The van der Waals surface area contributed by atoms with Crippen LogP contribution in [0.15, 0.2) is 18.2 Å². The number of rotatable bonds is 4. The van der Waals surface area contributed by atoms with Crippen LogP contribution in [0.4, 0.5) is 0 Å². The number of fused-ring (bicyclic) bond motifs is 1. The standard InChI is InChI=1S/C20H26N4O4/c1-12(21)17-11-23(7-8-28-17)9-13-3-2-4-14-15(13)10-24(20(14)27)16-5-6-18(25)22-19(16)26/h2-4,12,16-17H,5-11,21H2,1H3,(H,22,25,26). The van der Waals surface area contributed by atoms with Gasteiger partial charge in [-0.3, -0.25) is 24.6 Å². The molecular weight excluding hydrogens is 360 g/mol. The molecule has 1 aromatic carbocycles. The van der Waals surface area contributed by atoms with Gasteiger partial charge < -0.3 is 15.4 Å². The van der Waals surface area contributed by atoms with E-state index in [9.17, 15) is 14.4 Å². The van der Waals surface area contributed by atoms with Gasteiger partial charge in [-0.1, -0.05) is 12.1 Å². The summed E-state index contributed by atoms with van der Waals surface area (Å²) in [5.74, 6) is -0.796. The number of ether oxygens (including phenoxy) is 1. The third-order valence-electron chi connectivity index (χ3n) is 5.84. The van der Waals surface area contributed by atoms with E-state index in [2.05, 4.69) is 10.2 Å². The summed E-state index contributed by atoms with van der Waals surface area (Å²) in [6, 6.07) is 5.13. The lowest BCUT2D eigenvalue weighted by atomic mass is 10.0. The fraction of sp³-hybridized carbons (Fsp3) is 0.550. The van der Waals surface area contributed by atoms with Gasteiger partial charge in [0.15, 0.2) is 0 Å². The molecule has 0 aromatic heterocycles. The van der Waals surface area contributed by atoms with Crippen LogP contribution in [0.1, 0.15) is 41.3 Å². The van der Waals surface area contributed by atoms with Crippen molar-refractivity contribution >= 4 is 17.7 Å². The second-order valence-electron chi connectivity index (χ2n) is 7.85. The molecule has 1 aromatic rings. The van der Waals surface area contributed by atoms with Crippen molar-refractivity contribution in [3.8, 4) is 0 Å². The fourth-order valence-corrected chi connectivity index (χ4v) is 4.23. The Kier molecular flexibility index (Phi) is 5.18. The van der Waals surface area contributed by atoms with Gasteiger partial charge in [0, 0.05) is 44.2 Å². The van der Waals surface area contributed by atoms with E-state index in [-0.39, 0.29) is 36.3 Å². The van der Waals surface area contributed by atoms with Crippen LogP contribution in [0.25, 0.3) is 0 Å². The summed E-state index contributed by atoms with van der Waals surface area (Å²) in [4.78, 5) is 40.5. The molecule has 3 atom stereocenters. The summed E-state index contributed by atoms with van der Waals surface area (Å²) in [5, 5.41) is 2.34. The molecule has 0 spiro atoms. The number of carbonyl (C=O) groups is 3. The SMILES string of the molecule is CC(N)C1CN(Cc2cccc3c2CN(C2CCC(=O)NC2=O)C3=O)CCO1. The first kappa shape index (κ1) is 19.0. The lowest BCUT2D eigenvalue weighted by Gasteiger charge is -2.35. The zero-order chi connectivity index (χ0) is 19.8. The first-order valence-electron chi connectivity index (χ1n) is 9.79. The highest BCUT2D eigenvalue weighted by Gasteiger charge is 2.40. The third kappa shape index (κ3) is 3.55.